The summed E-state index contributed by atoms with van der Waals surface area (Å²) in [5.41, 5.74) is 0. The van der Waals surface area contributed by atoms with Gasteiger partial charge in [-0.15, -0.1) is 11.8 Å². The highest BCUT2D eigenvalue weighted by Gasteiger charge is 2.13. The highest BCUT2D eigenvalue weighted by atomic mass is 16.7. The number of hydrogen-bond acceptors (Lipinski definition) is 4. The molecule has 0 aromatic heterocycles. The van der Waals surface area contributed by atoms with E-state index in [0.717, 1.165) is 25.7 Å². The predicted molar refractivity (Wildman–Crippen MR) is 58.6 cm³/mol. The first kappa shape index (κ1) is 13.0. The molecule has 1 rings (SSSR count). The van der Waals surface area contributed by atoms with Crippen LogP contribution in [0.4, 0.5) is 0 Å². The lowest BCUT2D eigenvalue weighted by molar-refractivity contribution is -0.141. The molecule has 1 aliphatic heterocycles. The van der Waals surface area contributed by atoms with Crippen molar-refractivity contribution in [2.24, 2.45) is 0 Å². The van der Waals surface area contributed by atoms with Crippen LogP contribution in [0.15, 0.2) is 0 Å². The topological polar surface area (TPSA) is 44.8 Å². The molecule has 1 aliphatic rings. The number of unbranched alkanes of at least 4 members (excludes halogenated alkanes) is 1. The van der Waals surface area contributed by atoms with E-state index in [0.29, 0.717) is 19.8 Å². The molecule has 0 atom stereocenters. The molecule has 0 aromatic rings. The zero-order valence-corrected chi connectivity index (χ0v) is 9.66. The maximum Gasteiger partial charge on any atom is 0.302 e. The average molecular weight is 226 g/mol. The molecule has 1 fully saturated rings. The lowest BCUT2D eigenvalue weighted by atomic mass is 10.2. The van der Waals surface area contributed by atoms with Crippen LogP contribution in [0.1, 0.15) is 32.6 Å². The van der Waals surface area contributed by atoms with Crippen LogP contribution < -0.4 is 0 Å². The van der Waals surface area contributed by atoms with E-state index in [1.165, 1.54) is 6.92 Å². The van der Waals surface area contributed by atoms with Gasteiger partial charge in [0, 0.05) is 26.2 Å². The van der Waals surface area contributed by atoms with Crippen molar-refractivity contribution in [3.05, 3.63) is 0 Å². The highest BCUT2D eigenvalue weighted by Crippen LogP contribution is 2.09. The maximum absolute atomic E-state index is 10.4. The molecule has 0 spiro atoms. The van der Waals surface area contributed by atoms with Gasteiger partial charge in [0.2, 0.25) is 0 Å². The molecule has 0 N–H and O–H groups in total. The molecule has 4 heteroatoms. The third-order valence-corrected chi connectivity index (χ3v) is 2.07. The van der Waals surface area contributed by atoms with Crippen LogP contribution in [-0.4, -0.2) is 32.1 Å². The summed E-state index contributed by atoms with van der Waals surface area (Å²) in [4.78, 5) is 10.4. The Bertz CT molecular complexity index is 258. The summed E-state index contributed by atoms with van der Waals surface area (Å²) < 4.78 is 15.3. The van der Waals surface area contributed by atoms with Gasteiger partial charge in [0.15, 0.2) is 6.29 Å². The fourth-order valence-electron chi connectivity index (χ4n) is 1.32. The molecule has 16 heavy (non-hydrogen) atoms. The first-order valence-corrected chi connectivity index (χ1v) is 5.61. The molecule has 0 amide bonds. The van der Waals surface area contributed by atoms with Gasteiger partial charge in [-0.25, -0.2) is 0 Å². The van der Waals surface area contributed by atoms with Gasteiger partial charge in [0.25, 0.3) is 0 Å². The predicted octanol–water partition coefficient (Wildman–Crippen LogP) is 1.49. The molecule has 0 bridgehead atoms. The largest absolute Gasteiger partial charge is 0.466 e. The zero-order chi connectivity index (χ0) is 11.6. The Morgan fingerprint density at radius 3 is 2.69 bits per heavy atom. The summed E-state index contributed by atoms with van der Waals surface area (Å²) in [6, 6.07) is 0. The van der Waals surface area contributed by atoms with Crippen LogP contribution in [0, 0.1) is 11.8 Å². The number of carbonyl (C=O) groups is 1. The third kappa shape index (κ3) is 6.44. The van der Waals surface area contributed by atoms with Gasteiger partial charge < -0.3 is 14.2 Å². The Labute approximate surface area is 96.2 Å². The van der Waals surface area contributed by atoms with E-state index in [1.807, 2.05) is 0 Å². The normalized spacial score (nSPS) is 15.6. The lowest BCUT2D eigenvalue weighted by Crippen LogP contribution is -2.05. The number of carbonyl (C=O) groups excluding carboxylic acids is 1. The minimum atomic E-state index is -0.233. The maximum atomic E-state index is 10.4. The number of rotatable bonds is 5. The van der Waals surface area contributed by atoms with Crippen LogP contribution in [0.3, 0.4) is 0 Å². The molecule has 0 unspecified atom stereocenters. The van der Waals surface area contributed by atoms with E-state index in [1.54, 1.807) is 0 Å². The van der Waals surface area contributed by atoms with Crippen molar-refractivity contribution in [3.8, 4) is 11.8 Å². The smallest absolute Gasteiger partial charge is 0.302 e. The van der Waals surface area contributed by atoms with Gasteiger partial charge in [-0.2, -0.15) is 0 Å². The van der Waals surface area contributed by atoms with Crippen molar-refractivity contribution in [1.29, 1.82) is 0 Å². The zero-order valence-electron chi connectivity index (χ0n) is 9.66. The second-order valence-corrected chi connectivity index (χ2v) is 3.51. The first-order chi connectivity index (χ1) is 7.79. The number of ether oxygens (including phenoxy) is 3. The van der Waals surface area contributed by atoms with Crippen molar-refractivity contribution in [1.82, 2.24) is 0 Å². The Balaban J connectivity index is 1.90. The van der Waals surface area contributed by atoms with Crippen LogP contribution in [0.5, 0.6) is 0 Å². The molecule has 1 saturated heterocycles. The molecule has 0 aliphatic carbocycles. The van der Waals surface area contributed by atoms with Gasteiger partial charge in [0.1, 0.15) is 0 Å². The molecular weight excluding hydrogens is 208 g/mol. The van der Waals surface area contributed by atoms with Crippen molar-refractivity contribution < 1.29 is 19.0 Å². The number of esters is 1. The Morgan fingerprint density at radius 1 is 1.31 bits per heavy atom. The van der Waals surface area contributed by atoms with E-state index in [9.17, 15) is 4.79 Å². The Hall–Kier alpha value is -1.05. The van der Waals surface area contributed by atoms with Crippen molar-refractivity contribution in [2.45, 2.75) is 38.9 Å². The van der Waals surface area contributed by atoms with Gasteiger partial charge in [-0.1, -0.05) is 0 Å². The summed E-state index contributed by atoms with van der Waals surface area (Å²) >= 11 is 0. The summed E-state index contributed by atoms with van der Waals surface area (Å²) in [7, 11) is 0. The van der Waals surface area contributed by atoms with Gasteiger partial charge in [-0.3, -0.25) is 4.79 Å². The van der Waals surface area contributed by atoms with Crippen molar-refractivity contribution in [2.75, 3.05) is 19.8 Å². The summed E-state index contributed by atoms with van der Waals surface area (Å²) in [5, 5.41) is 0. The molecule has 4 nitrogen and oxygen atoms in total. The standard InChI is InChI=1S/C12H18O4/c1-11(13)14-8-6-4-2-3-5-7-12-15-9-10-16-12/h12H,4-10H2,1H3. The van der Waals surface area contributed by atoms with E-state index in [2.05, 4.69) is 11.8 Å². The molecule has 0 radical (unpaired) electrons. The quantitative estimate of drug-likeness (QED) is 0.405. The van der Waals surface area contributed by atoms with E-state index >= 15 is 0 Å². The van der Waals surface area contributed by atoms with E-state index < -0.39 is 0 Å². The molecule has 90 valence electrons. The molecular formula is C12H18O4. The highest BCUT2D eigenvalue weighted by molar-refractivity contribution is 5.65. The average Bonchev–Trinajstić information content (AvgIpc) is 2.74. The number of hydrogen-bond donors (Lipinski definition) is 0. The minimum absolute atomic E-state index is 0.0599. The third-order valence-electron chi connectivity index (χ3n) is 2.07. The first-order valence-electron chi connectivity index (χ1n) is 5.61. The SMILES string of the molecule is CC(=O)OCCCC#CCCC1OCCO1. The van der Waals surface area contributed by atoms with Gasteiger partial charge >= 0.3 is 5.97 Å². The second-order valence-electron chi connectivity index (χ2n) is 3.51. The molecule has 1 heterocycles. The van der Waals surface area contributed by atoms with Crippen LogP contribution in [-0.2, 0) is 19.0 Å². The van der Waals surface area contributed by atoms with Crippen molar-refractivity contribution in [3.63, 3.8) is 0 Å². The Kier molecular flexibility index (Phi) is 6.62. The van der Waals surface area contributed by atoms with Gasteiger partial charge in [-0.05, 0) is 6.42 Å². The minimum Gasteiger partial charge on any atom is -0.466 e. The van der Waals surface area contributed by atoms with Gasteiger partial charge in [0.05, 0.1) is 19.8 Å². The van der Waals surface area contributed by atoms with E-state index in [-0.39, 0.29) is 12.3 Å². The monoisotopic (exact) mass is 226 g/mol. The lowest BCUT2D eigenvalue weighted by Gasteiger charge is -2.04. The second kappa shape index (κ2) is 8.14. The summed E-state index contributed by atoms with van der Waals surface area (Å²) in [5.74, 6) is 5.85. The molecule has 0 saturated carbocycles. The molecule has 0 aromatic carbocycles. The summed E-state index contributed by atoms with van der Waals surface area (Å²) in [6.45, 7) is 3.26. The summed E-state index contributed by atoms with van der Waals surface area (Å²) in [6.07, 6.45) is 3.12. The van der Waals surface area contributed by atoms with E-state index in [4.69, 9.17) is 14.2 Å². The fraction of sp³-hybridized carbons (Fsp3) is 0.750. The van der Waals surface area contributed by atoms with Crippen LogP contribution in [0.25, 0.3) is 0 Å². The fourth-order valence-corrected chi connectivity index (χ4v) is 1.32. The Morgan fingerprint density at radius 2 is 2.00 bits per heavy atom. The van der Waals surface area contributed by atoms with Crippen LogP contribution in [0.2, 0.25) is 0 Å². The van der Waals surface area contributed by atoms with Crippen molar-refractivity contribution >= 4 is 5.97 Å². The van der Waals surface area contributed by atoms with Crippen LogP contribution >= 0.6 is 0 Å².